The van der Waals surface area contributed by atoms with Gasteiger partial charge in [0.1, 0.15) is 0 Å². The Kier molecular flexibility index (Phi) is 3.76. The Balaban J connectivity index is 1.47. The number of fused-ring (bicyclic) bond motifs is 2. The molecule has 5 rings (SSSR count). The first-order chi connectivity index (χ1) is 13.4. The highest BCUT2D eigenvalue weighted by Crippen LogP contribution is 2.62. The van der Waals surface area contributed by atoms with E-state index in [0.717, 1.165) is 5.56 Å². The number of carbonyl (C=O) groups excluding carboxylic acids is 1. The van der Waals surface area contributed by atoms with Crippen LogP contribution in [0.15, 0.2) is 40.9 Å². The van der Waals surface area contributed by atoms with Crippen molar-refractivity contribution in [1.82, 2.24) is 15.5 Å². The van der Waals surface area contributed by atoms with Crippen molar-refractivity contribution in [2.24, 2.45) is 11.8 Å². The van der Waals surface area contributed by atoms with Crippen LogP contribution in [0.3, 0.4) is 0 Å². The molecule has 3 unspecified atom stereocenters. The lowest BCUT2D eigenvalue weighted by molar-refractivity contribution is 0.0834. The molecule has 1 amide bonds. The van der Waals surface area contributed by atoms with E-state index in [2.05, 4.69) is 15.5 Å². The average molecular weight is 383 g/mol. The number of nitrogens with one attached hydrogen (secondary N) is 1. The number of carbonyl (C=O) groups is 1. The van der Waals surface area contributed by atoms with E-state index in [1.165, 1.54) is 0 Å². The summed E-state index contributed by atoms with van der Waals surface area (Å²) in [5.74, 6) is -3.96. The fourth-order valence-corrected chi connectivity index (χ4v) is 4.41. The van der Waals surface area contributed by atoms with Crippen LogP contribution in [-0.2, 0) is 0 Å². The molecule has 144 valence electrons. The number of rotatable bonds is 3. The van der Waals surface area contributed by atoms with Crippen LogP contribution in [0.5, 0.6) is 0 Å². The Morgan fingerprint density at radius 2 is 2.00 bits per heavy atom. The molecule has 28 heavy (non-hydrogen) atoms. The van der Waals surface area contributed by atoms with Gasteiger partial charge in [0.05, 0.1) is 22.3 Å². The maximum atomic E-state index is 13.7. The highest BCUT2D eigenvalue weighted by atomic mass is 19.3. The third kappa shape index (κ3) is 2.68. The molecule has 3 atom stereocenters. The first-order valence-electron chi connectivity index (χ1n) is 9.46. The lowest BCUT2D eigenvalue weighted by atomic mass is 9.95. The number of halogens is 2. The number of alkyl halides is 2. The van der Waals surface area contributed by atoms with Crippen LogP contribution in [0, 0.1) is 18.8 Å². The normalized spacial score (nSPS) is 25.3. The molecule has 0 spiro atoms. The van der Waals surface area contributed by atoms with Crippen LogP contribution in [0.2, 0.25) is 0 Å². The van der Waals surface area contributed by atoms with Gasteiger partial charge in [-0.2, -0.15) is 0 Å². The van der Waals surface area contributed by atoms with E-state index in [9.17, 15) is 13.6 Å². The Hall–Kier alpha value is -2.83. The number of amides is 1. The highest BCUT2D eigenvalue weighted by Gasteiger charge is 2.68. The van der Waals surface area contributed by atoms with Crippen LogP contribution < -0.4 is 5.32 Å². The van der Waals surface area contributed by atoms with Crippen LogP contribution >= 0.6 is 0 Å². The second kappa shape index (κ2) is 6.09. The van der Waals surface area contributed by atoms with Gasteiger partial charge in [-0.05, 0) is 32.3 Å². The first kappa shape index (κ1) is 17.3. The Morgan fingerprint density at radius 1 is 1.21 bits per heavy atom. The minimum atomic E-state index is -2.56. The van der Waals surface area contributed by atoms with E-state index in [-0.39, 0.29) is 11.9 Å². The SMILES string of the molecule is Cc1noc2nc(-c3ccccc3)cc(C(=O)NC3CCC4C(C3)C4(F)F)c12. The minimum absolute atomic E-state index is 0.245. The van der Waals surface area contributed by atoms with E-state index >= 15 is 0 Å². The lowest BCUT2D eigenvalue weighted by Gasteiger charge is -2.21. The molecule has 2 aromatic heterocycles. The van der Waals surface area contributed by atoms with Gasteiger partial charge < -0.3 is 9.84 Å². The molecule has 2 heterocycles. The second-order valence-corrected chi connectivity index (χ2v) is 7.74. The number of pyridine rings is 1. The molecule has 0 radical (unpaired) electrons. The minimum Gasteiger partial charge on any atom is -0.349 e. The number of benzene rings is 1. The van der Waals surface area contributed by atoms with Crippen molar-refractivity contribution in [3.8, 4) is 11.3 Å². The molecule has 0 bridgehead atoms. The number of aromatic nitrogens is 2. The van der Waals surface area contributed by atoms with Gasteiger partial charge in [0.2, 0.25) is 0 Å². The van der Waals surface area contributed by atoms with Crippen LogP contribution in [0.4, 0.5) is 8.78 Å². The molecule has 0 saturated heterocycles. The molecule has 1 N–H and O–H groups in total. The molecule has 0 aliphatic heterocycles. The van der Waals surface area contributed by atoms with Gasteiger partial charge in [0.15, 0.2) is 0 Å². The molecule has 7 heteroatoms. The summed E-state index contributed by atoms with van der Waals surface area (Å²) in [6.07, 6.45) is 1.35. The number of nitrogens with zero attached hydrogens (tertiary/aromatic N) is 2. The van der Waals surface area contributed by atoms with Crippen molar-refractivity contribution >= 4 is 17.0 Å². The van der Waals surface area contributed by atoms with Crippen molar-refractivity contribution in [1.29, 1.82) is 0 Å². The Bertz CT molecular complexity index is 1060. The summed E-state index contributed by atoms with van der Waals surface area (Å²) in [5.41, 5.74) is 2.73. The summed E-state index contributed by atoms with van der Waals surface area (Å²) in [6.45, 7) is 1.75. The van der Waals surface area contributed by atoms with Crippen LogP contribution in [0.1, 0.15) is 35.3 Å². The predicted octanol–water partition coefficient (Wildman–Crippen LogP) is 4.36. The Morgan fingerprint density at radius 3 is 2.75 bits per heavy atom. The van der Waals surface area contributed by atoms with Crippen molar-refractivity contribution in [3.05, 3.63) is 47.7 Å². The number of hydrogen-bond acceptors (Lipinski definition) is 4. The van der Waals surface area contributed by atoms with Crippen molar-refractivity contribution < 1.29 is 18.1 Å². The molecule has 2 aliphatic rings. The summed E-state index contributed by atoms with van der Waals surface area (Å²) < 4.78 is 32.6. The predicted molar refractivity (Wildman–Crippen MR) is 99.0 cm³/mol. The van der Waals surface area contributed by atoms with Crippen molar-refractivity contribution in [2.45, 2.75) is 38.2 Å². The van der Waals surface area contributed by atoms with Gasteiger partial charge in [-0.25, -0.2) is 13.8 Å². The van der Waals surface area contributed by atoms with Gasteiger partial charge in [0, 0.05) is 23.4 Å². The second-order valence-electron chi connectivity index (χ2n) is 7.74. The molecule has 1 aromatic carbocycles. The topological polar surface area (TPSA) is 68.0 Å². The van der Waals surface area contributed by atoms with E-state index < -0.39 is 17.8 Å². The zero-order chi connectivity index (χ0) is 19.5. The van der Waals surface area contributed by atoms with E-state index in [4.69, 9.17) is 4.52 Å². The smallest absolute Gasteiger partial charge is 0.259 e. The van der Waals surface area contributed by atoms with Gasteiger partial charge in [-0.1, -0.05) is 35.5 Å². The zero-order valence-electron chi connectivity index (χ0n) is 15.3. The van der Waals surface area contributed by atoms with Gasteiger partial charge in [-0.15, -0.1) is 0 Å². The molecule has 2 fully saturated rings. The van der Waals surface area contributed by atoms with Crippen LogP contribution in [0.25, 0.3) is 22.4 Å². The quantitative estimate of drug-likeness (QED) is 0.730. The van der Waals surface area contributed by atoms with E-state index in [0.29, 0.717) is 47.3 Å². The van der Waals surface area contributed by atoms with E-state index in [1.54, 1.807) is 13.0 Å². The molecular weight excluding hydrogens is 364 g/mol. The Labute approximate surface area is 160 Å². The van der Waals surface area contributed by atoms with E-state index in [1.807, 2.05) is 30.3 Å². The molecule has 2 aliphatic carbocycles. The fourth-order valence-electron chi connectivity index (χ4n) is 4.41. The standard InChI is InChI=1S/C21H19F2N3O2/c1-11-18-14(19(27)24-13-7-8-15-16(9-13)21(15,22)23)10-17(25-20(18)28-26-11)12-5-3-2-4-6-12/h2-6,10,13,15-16H,7-9H2,1H3,(H,24,27). The van der Waals surface area contributed by atoms with Gasteiger partial charge in [-0.3, -0.25) is 4.79 Å². The summed E-state index contributed by atoms with van der Waals surface area (Å²) in [7, 11) is 0. The third-order valence-electron chi connectivity index (χ3n) is 6.00. The number of aryl methyl sites for hydroxylation is 1. The first-order valence-corrected chi connectivity index (χ1v) is 9.46. The molecule has 5 nitrogen and oxygen atoms in total. The monoisotopic (exact) mass is 383 g/mol. The van der Waals surface area contributed by atoms with Crippen molar-refractivity contribution in [2.75, 3.05) is 0 Å². The maximum absolute atomic E-state index is 13.7. The maximum Gasteiger partial charge on any atom is 0.259 e. The summed E-state index contributed by atoms with van der Waals surface area (Å²) in [5, 5.41) is 7.45. The summed E-state index contributed by atoms with van der Waals surface area (Å²) >= 11 is 0. The summed E-state index contributed by atoms with van der Waals surface area (Å²) in [6, 6.07) is 10.9. The average Bonchev–Trinajstić information content (AvgIpc) is 3.04. The lowest BCUT2D eigenvalue weighted by Crippen LogP contribution is -2.37. The highest BCUT2D eigenvalue weighted by molar-refractivity contribution is 6.07. The van der Waals surface area contributed by atoms with Crippen molar-refractivity contribution in [3.63, 3.8) is 0 Å². The van der Waals surface area contributed by atoms with Crippen LogP contribution in [-0.4, -0.2) is 28.0 Å². The largest absolute Gasteiger partial charge is 0.349 e. The molecular formula is C21H19F2N3O2. The molecule has 3 aromatic rings. The third-order valence-corrected chi connectivity index (χ3v) is 6.00. The summed E-state index contributed by atoms with van der Waals surface area (Å²) in [4.78, 5) is 17.5. The van der Waals surface area contributed by atoms with Gasteiger partial charge >= 0.3 is 0 Å². The molecule has 2 saturated carbocycles. The zero-order valence-corrected chi connectivity index (χ0v) is 15.3. The van der Waals surface area contributed by atoms with Gasteiger partial charge in [0.25, 0.3) is 17.5 Å². The fraction of sp³-hybridized carbons (Fsp3) is 0.381. The number of hydrogen-bond donors (Lipinski definition) is 1.